The third-order valence-corrected chi connectivity index (χ3v) is 3.41. The summed E-state index contributed by atoms with van der Waals surface area (Å²) in [4.78, 5) is 0. The predicted molar refractivity (Wildman–Crippen MR) is 38.0 cm³/mol. The van der Waals surface area contributed by atoms with Gasteiger partial charge in [-0.1, -0.05) is 6.92 Å². The maximum absolute atomic E-state index is 5.91. The number of hydrogen-bond donors (Lipinski definition) is 1. The molecule has 4 atom stereocenters. The number of hydrogen-bond acceptors (Lipinski definition) is 1. The van der Waals surface area contributed by atoms with Crippen LogP contribution in [0.15, 0.2) is 0 Å². The van der Waals surface area contributed by atoms with Gasteiger partial charge in [-0.15, -0.1) is 0 Å². The summed E-state index contributed by atoms with van der Waals surface area (Å²) < 4.78 is 0. The summed E-state index contributed by atoms with van der Waals surface area (Å²) >= 11 is 0. The molecule has 52 valence electrons. The van der Waals surface area contributed by atoms with E-state index in [0.29, 0.717) is 6.04 Å². The Morgan fingerprint density at radius 3 is 2.44 bits per heavy atom. The average Bonchev–Trinajstić information content (AvgIpc) is 1.86. The topological polar surface area (TPSA) is 26.0 Å². The molecule has 0 saturated heterocycles. The molecule has 0 spiro atoms. The lowest BCUT2D eigenvalue weighted by Gasteiger charge is -2.51. The molecule has 0 radical (unpaired) electrons. The monoisotopic (exact) mass is 125 g/mol. The highest BCUT2D eigenvalue weighted by Gasteiger charge is 2.44. The van der Waals surface area contributed by atoms with Crippen molar-refractivity contribution in [2.75, 3.05) is 0 Å². The summed E-state index contributed by atoms with van der Waals surface area (Å²) in [7, 11) is 0. The van der Waals surface area contributed by atoms with Crippen LogP contribution in [0, 0.1) is 17.8 Å². The largest absolute Gasteiger partial charge is 0.327 e. The Kier molecular flexibility index (Phi) is 1.10. The molecule has 9 heavy (non-hydrogen) atoms. The Labute approximate surface area is 56.6 Å². The van der Waals surface area contributed by atoms with Crippen molar-refractivity contribution in [1.29, 1.82) is 0 Å². The second-order valence-corrected chi connectivity index (χ2v) is 3.76. The van der Waals surface area contributed by atoms with Crippen molar-refractivity contribution in [3.05, 3.63) is 0 Å². The molecule has 3 saturated carbocycles. The Bertz CT molecular complexity index is 116. The van der Waals surface area contributed by atoms with Crippen molar-refractivity contribution < 1.29 is 0 Å². The van der Waals surface area contributed by atoms with Gasteiger partial charge in [0.15, 0.2) is 0 Å². The lowest BCUT2D eigenvalue weighted by molar-refractivity contribution is 0.0104. The first-order valence-electron chi connectivity index (χ1n) is 4.04. The van der Waals surface area contributed by atoms with E-state index in [0.717, 1.165) is 17.8 Å². The van der Waals surface area contributed by atoms with Gasteiger partial charge in [0.05, 0.1) is 0 Å². The molecule has 3 fully saturated rings. The lowest BCUT2D eigenvalue weighted by atomic mass is 9.56. The zero-order valence-electron chi connectivity index (χ0n) is 6.01. The number of rotatable bonds is 0. The lowest BCUT2D eigenvalue weighted by Crippen LogP contribution is -2.50. The fraction of sp³-hybridized carbons (Fsp3) is 1.00. The Balaban J connectivity index is 2.06. The van der Waals surface area contributed by atoms with Crippen LogP contribution in [0.2, 0.25) is 0 Å². The summed E-state index contributed by atoms with van der Waals surface area (Å²) in [5, 5.41) is 0. The van der Waals surface area contributed by atoms with E-state index < -0.39 is 0 Å². The minimum atomic E-state index is 0.546. The van der Waals surface area contributed by atoms with Gasteiger partial charge < -0.3 is 5.73 Å². The van der Waals surface area contributed by atoms with E-state index in [1.807, 2.05) is 0 Å². The fourth-order valence-electron chi connectivity index (χ4n) is 2.50. The van der Waals surface area contributed by atoms with Gasteiger partial charge in [0.25, 0.3) is 0 Å². The molecule has 0 aromatic rings. The maximum atomic E-state index is 5.91. The van der Waals surface area contributed by atoms with E-state index in [-0.39, 0.29) is 0 Å². The van der Waals surface area contributed by atoms with Gasteiger partial charge >= 0.3 is 0 Å². The molecule has 1 heteroatoms. The van der Waals surface area contributed by atoms with Gasteiger partial charge in [-0.3, -0.25) is 0 Å². The Morgan fingerprint density at radius 2 is 2.11 bits per heavy atom. The molecular formula is C8H15N. The van der Waals surface area contributed by atoms with Crippen molar-refractivity contribution in [3.63, 3.8) is 0 Å². The van der Waals surface area contributed by atoms with Crippen LogP contribution in [-0.4, -0.2) is 6.04 Å². The average molecular weight is 125 g/mol. The van der Waals surface area contributed by atoms with Crippen LogP contribution in [0.25, 0.3) is 0 Å². The van der Waals surface area contributed by atoms with E-state index >= 15 is 0 Å². The summed E-state index contributed by atoms with van der Waals surface area (Å²) in [6, 6.07) is 0.546. The number of fused-ring (bicyclic) bond motifs is 2. The van der Waals surface area contributed by atoms with E-state index in [1.54, 1.807) is 0 Å². The van der Waals surface area contributed by atoms with Gasteiger partial charge in [-0.2, -0.15) is 0 Å². The first kappa shape index (κ1) is 5.72. The van der Waals surface area contributed by atoms with Crippen molar-refractivity contribution in [2.45, 2.75) is 32.2 Å². The van der Waals surface area contributed by atoms with Crippen LogP contribution in [0.5, 0.6) is 0 Å². The summed E-state index contributed by atoms with van der Waals surface area (Å²) in [6.07, 6.45) is 4.13. The molecule has 3 aliphatic rings. The molecule has 0 aliphatic heterocycles. The smallest absolute Gasteiger partial charge is 0.00700 e. The summed E-state index contributed by atoms with van der Waals surface area (Å²) in [5.74, 6) is 2.90. The molecule has 0 unspecified atom stereocenters. The molecule has 0 amide bonds. The summed E-state index contributed by atoms with van der Waals surface area (Å²) in [5.41, 5.74) is 5.91. The molecule has 0 aromatic carbocycles. The Hall–Kier alpha value is -0.0400. The molecule has 0 aromatic heterocycles. The predicted octanol–water partition coefficient (Wildman–Crippen LogP) is 1.38. The molecule has 2 bridgehead atoms. The minimum Gasteiger partial charge on any atom is -0.327 e. The van der Waals surface area contributed by atoms with Crippen molar-refractivity contribution in [2.24, 2.45) is 23.5 Å². The molecule has 2 N–H and O–H groups in total. The molecule has 1 nitrogen and oxygen atoms in total. The van der Waals surface area contributed by atoms with Crippen molar-refractivity contribution >= 4 is 0 Å². The third-order valence-electron chi connectivity index (χ3n) is 3.41. The highest BCUT2D eigenvalue weighted by Crippen LogP contribution is 2.49. The van der Waals surface area contributed by atoms with Crippen LogP contribution in [0.3, 0.4) is 0 Å². The minimum absolute atomic E-state index is 0.546. The maximum Gasteiger partial charge on any atom is 0.00700 e. The van der Waals surface area contributed by atoms with E-state index in [1.165, 1.54) is 19.3 Å². The van der Waals surface area contributed by atoms with Gasteiger partial charge in [-0.25, -0.2) is 0 Å². The van der Waals surface area contributed by atoms with Gasteiger partial charge in [-0.05, 0) is 37.0 Å². The van der Waals surface area contributed by atoms with E-state index in [4.69, 9.17) is 5.73 Å². The van der Waals surface area contributed by atoms with E-state index in [2.05, 4.69) is 6.92 Å². The molecule has 3 rings (SSSR count). The van der Waals surface area contributed by atoms with Gasteiger partial charge in [0, 0.05) is 6.04 Å². The summed E-state index contributed by atoms with van der Waals surface area (Å²) in [6.45, 7) is 2.36. The third kappa shape index (κ3) is 0.644. The highest BCUT2D eigenvalue weighted by atomic mass is 14.7. The normalized spacial score (nSPS) is 56.7. The van der Waals surface area contributed by atoms with Gasteiger partial charge in [0.2, 0.25) is 0 Å². The second-order valence-electron chi connectivity index (χ2n) is 3.76. The Morgan fingerprint density at radius 1 is 1.33 bits per heavy atom. The van der Waals surface area contributed by atoms with E-state index in [9.17, 15) is 0 Å². The van der Waals surface area contributed by atoms with Gasteiger partial charge in [0.1, 0.15) is 0 Å². The van der Waals surface area contributed by atoms with Crippen LogP contribution in [0.1, 0.15) is 26.2 Å². The van der Waals surface area contributed by atoms with Crippen LogP contribution in [-0.2, 0) is 0 Å². The van der Waals surface area contributed by atoms with Crippen molar-refractivity contribution in [3.8, 4) is 0 Å². The zero-order chi connectivity index (χ0) is 6.43. The SMILES string of the molecule is C[C@@H]1[C@H]2CC[C@H](N)[C@@H]1C2. The molecule has 3 aliphatic carbocycles. The first-order valence-corrected chi connectivity index (χ1v) is 4.04. The second kappa shape index (κ2) is 1.72. The van der Waals surface area contributed by atoms with Crippen LogP contribution < -0.4 is 5.73 Å². The zero-order valence-corrected chi connectivity index (χ0v) is 6.01. The highest BCUT2D eigenvalue weighted by molar-refractivity contribution is 4.97. The molecule has 0 heterocycles. The standard InChI is InChI=1S/C8H15N/c1-5-6-2-3-8(9)7(5)4-6/h5-8H,2-4,9H2,1H3/t5-,6+,7-,8+/m1/s1. The first-order chi connectivity index (χ1) is 4.29. The molecular weight excluding hydrogens is 110 g/mol. The van der Waals surface area contributed by atoms with Crippen molar-refractivity contribution in [1.82, 2.24) is 0 Å². The number of nitrogens with two attached hydrogens (primary N) is 1. The van der Waals surface area contributed by atoms with Crippen LogP contribution >= 0.6 is 0 Å². The van der Waals surface area contributed by atoms with Crippen LogP contribution in [0.4, 0.5) is 0 Å². The fourth-order valence-corrected chi connectivity index (χ4v) is 2.50. The quantitative estimate of drug-likeness (QED) is 0.520.